The molecule has 4 nitrogen and oxygen atoms in total. The van der Waals surface area contributed by atoms with Crippen LogP contribution in [0, 0.1) is 13.8 Å². The summed E-state index contributed by atoms with van der Waals surface area (Å²) >= 11 is 0. The van der Waals surface area contributed by atoms with E-state index in [1.807, 2.05) is 13.0 Å². The summed E-state index contributed by atoms with van der Waals surface area (Å²) in [6, 6.07) is 5.23. The lowest BCUT2D eigenvalue weighted by atomic mass is 10.2. The van der Waals surface area contributed by atoms with E-state index in [0.29, 0.717) is 5.56 Å². The van der Waals surface area contributed by atoms with Gasteiger partial charge >= 0.3 is 0 Å². The van der Waals surface area contributed by atoms with E-state index in [-0.39, 0.29) is 17.2 Å². The Kier molecular flexibility index (Phi) is 4.07. The van der Waals surface area contributed by atoms with Crippen molar-refractivity contribution < 1.29 is 13.5 Å². The quantitative estimate of drug-likeness (QED) is 0.802. The molecule has 0 fully saturated rings. The number of hydrogen-bond donors (Lipinski definition) is 2. The minimum absolute atomic E-state index is 0.0515. The summed E-state index contributed by atoms with van der Waals surface area (Å²) in [5.74, 6) is -0.326. The fourth-order valence-electron chi connectivity index (χ4n) is 1.45. The van der Waals surface area contributed by atoms with Crippen molar-refractivity contribution >= 4 is 9.84 Å². The predicted octanol–water partition coefficient (Wildman–Crippen LogP) is 0.397. The SMILES string of the molecule is Cc1ccc(C)c(S(=O)(=O)CC(O)CN)c1. The fraction of sp³-hybridized carbons (Fsp3) is 0.455. The summed E-state index contributed by atoms with van der Waals surface area (Å²) in [6.45, 7) is 3.52. The number of benzene rings is 1. The largest absolute Gasteiger partial charge is 0.391 e. The number of rotatable bonds is 4. The Bertz CT molecular complexity index is 468. The highest BCUT2D eigenvalue weighted by Crippen LogP contribution is 2.18. The van der Waals surface area contributed by atoms with Crippen LogP contribution in [0.25, 0.3) is 0 Å². The molecule has 90 valence electrons. The standard InChI is InChI=1S/C11H17NO3S/c1-8-3-4-9(2)11(5-8)16(14,15)7-10(13)6-12/h3-5,10,13H,6-7,12H2,1-2H3. The van der Waals surface area contributed by atoms with Crippen LogP contribution in [-0.2, 0) is 9.84 Å². The third kappa shape index (κ3) is 3.04. The van der Waals surface area contributed by atoms with E-state index >= 15 is 0 Å². The van der Waals surface area contributed by atoms with Crippen molar-refractivity contribution in [2.45, 2.75) is 24.8 Å². The lowest BCUT2D eigenvalue weighted by Gasteiger charge is -2.11. The minimum Gasteiger partial charge on any atom is -0.391 e. The molecular weight excluding hydrogens is 226 g/mol. The molecule has 1 aromatic rings. The van der Waals surface area contributed by atoms with Gasteiger partial charge in [0.1, 0.15) is 0 Å². The van der Waals surface area contributed by atoms with Gasteiger partial charge in [-0.2, -0.15) is 0 Å². The second-order valence-corrected chi connectivity index (χ2v) is 5.94. The molecule has 1 atom stereocenters. The first-order chi connectivity index (χ1) is 7.36. The van der Waals surface area contributed by atoms with Gasteiger partial charge < -0.3 is 10.8 Å². The molecule has 1 unspecified atom stereocenters. The van der Waals surface area contributed by atoms with Crippen LogP contribution in [0.4, 0.5) is 0 Å². The Morgan fingerprint density at radius 1 is 1.38 bits per heavy atom. The van der Waals surface area contributed by atoms with Gasteiger partial charge in [0.05, 0.1) is 16.8 Å². The van der Waals surface area contributed by atoms with Crippen LogP contribution in [0.1, 0.15) is 11.1 Å². The molecular formula is C11H17NO3S. The maximum Gasteiger partial charge on any atom is 0.181 e. The lowest BCUT2D eigenvalue weighted by molar-refractivity contribution is 0.205. The van der Waals surface area contributed by atoms with Gasteiger partial charge in [-0.3, -0.25) is 0 Å². The fourth-order valence-corrected chi connectivity index (χ4v) is 3.20. The molecule has 0 aliphatic carbocycles. The average Bonchev–Trinajstić information content (AvgIpc) is 2.20. The molecule has 0 aliphatic heterocycles. The Labute approximate surface area is 96.0 Å². The van der Waals surface area contributed by atoms with Crippen LogP contribution in [0.2, 0.25) is 0 Å². The first-order valence-corrected chi connectivity index (χ1v) is 6.70. The number of aliphatic hydroxyl groups excluding tert-OH is 1. The zero-order valence-corrected chi connectivity index (χ0v) is 10.3. The maximum absolute atomic E-state index is 12.0. The minimum atomic E-state index is -3.45. The van der Waals surface area contributed by atoms with Gasteiger partial charge in [0.2, 0.25) is 0 Å². The highest BCUT2D eigenvalue weighted by atomic mass is 32.2. The maximum atomic E-state index is 12.0. The molecule has 0 bridgehead atoms. The van der Waals surface area contributed by atoms with Gasteiger partial charge in [-0.05, 0) is 31.0 Å². The number of nitrogens with two attached hydrogens (primary N) is 1. The van der Waals surface area contributed by atoms with Crippen molar-refractivity contribution in [2.24, 2.45) is 5.73 Å². The molecule has 0 aromatic heterocycles. The van der Waals surface area contributed by atoms with Crippen LogP contribution in [0.15, 0.2) is 23.1 Å². The zero-order valence-electron chi connectivity index (χ0n) is 9.47. The van der Waals surface area contributed by atoms with Crippen molar-refractivity contribution in [3.05, 3.63) is 29.3 Å². The van der Waals surface area contributed by atoms with Crippen molar-refractivity contribution in [3.8, 4) is 0 Å². The Morgan fingerprint density at radius 3 is 2.56 bits per heavy atom. The van der Waals surface area contributed by atoms with Crippen molar-refractivity contribution in [3.63, 3.8) is 0 Å². The molecule has 5 heteroatoms. The Balaban J connectivity index is 3.12. The molecule has 0 heterocycles. The molecule has 0 saturated carbocycles. The van der Waals surface area contributed by atoms with E-state index in [9.17, 15) is 13.5 Å². The van der Waals surface area contributed by atoms with Crippen molar-refractivity contribution in [1.29, 1.82) is 0 Å². The molecule has 0 spiro atoms. The average molecular weight is 243 g/mol. The molecule has 0 radical (unpaired) electrons. The number of sulfone groups is 1. The summed E-state index contributed by atoms with van der Waals surface area (Å²) in [5.41, 5.74) is 6.78. The van der Waals surface area contributed by atoms with Crippen LogP contribution in [-0.4, -0.2) is 31.9 Å². The second kappa shape index (κ2) is 4.95. The topological polar surface area (TPSA) is 80.4 Å². The Morgan fingerprint density at radius 2 is 2.00 bits per heavy atom. The normalized spacial score (nSPS) is 13.8. The molecule has 3 N–H and O–H groups in total. The Hall–Kier alpha value is -0.910. The van der Waals surface area contributed by atoms with E-state index in [2.05, 4.69) is 0 Å². The summed E-state index contributed by atoms with van der Waals surface area (Å²) < 4.78 is 23.9. The molecule has 0 aliphatic rings. The first-order valence-electron chi connectivity index (χ1n) is 5.05. The third-order valence-corrected chi connectivity index (χ3v) is 4.30. The van der Waals surface area contributed by atoms with E-state index < -0.39 is 15.9 Å². The zero-order chi connectivity index (χ0) is 12.3. The first kappa shape index (κ1) is 13.2. The monoisotopic (exact) mass is 243 g/mol. The molecule has 1 rings (SSSR count). The van der Waals surface area contributed by atoms with Crippen LogP contribution >= 0.6 is 0 Å². The smallest absolute Gasteiger partial charge is 0.181 e. The van der Waals surface area contributed by atoms with Crippen LogP contribution < -0.4 is 5.73 Å². The summed E-state index contributed by atoms with van der Waals surface area (Å²) in [5, 5.41) is 9.31. The van der Waals surface area contributed by atoms with E-state index in [0.717, 1.165) is 5.56 Å². The van der Waals surface area contributed by atoms with Gasteiger partial charge in [0, 0.05) is 6.54 Å². The number of aliphatic hydroxyl groups is 1. The third-order valence-electron chi connectivity index (χ3n) is 2.36. The van der Waals surface area contributed by atoms with E-state index in [4.69, 9.17) is 5.73 Å². The van der Waals surface area contributed by atoms with Crippen LogP contribution in [0.5, 0.6) is 0 Å². The summed E-state index contributed by atoms with van der Waals surface area (Å²) in [7, 11) is -3.45. The summed E-state index contributed by atoms with van der Waals surface area (Å²) in [4.78, 5) is 0.278. The highest BCUT2D eigenvalue weighted by Gasteiger charge is 2.20. The van der Waals surface area contributed by atoms with E-state index in [1.165, 1.54) is 0 Å². The van der Waals surface area contributed by atoms with Gasteiger partial charge in [-0.15, -0.1) is 0 Å². The molecule has 16 heavy (non-hydrogen) atoms. The highest BCUT2D eigenvalue weighted by molar-refractivity contribution is 7.91. The molecule has 0 amide bonds. The van der Waals surface area contributed by atoms with Gasteiger partial charge in [-0.1, -0.05) is 12.1 Å². The van der Waals surface area contributed by atoms with Gasteiger partial charge in [-0.25, -0.2) is 8.42 Å². The van der Waals surface area contributed by atoms with Gasteiger partial charge in [0.25, 0.3) is 0 Å². The molecule has 0 saturated heterocycles. The van der Waals surface area contributed by atoms with Crippen molar-refractivity contribution in [1.82, 2.24) is 0 Å². The predicted molar refractivity (Wildman–Crippen MR) is 63.0 cm³/mol. The van der Waals surface area contributed by atoms with E-state index in [1.54, 1.807) is 19.1 Å². The number of aryl methyl sites for hydroxylation is 2. The number of hydrogen-bond acceptors (Lipinski definition) is 4. The lowest BCUT2D eigenvalue weighted by Crippen LogP contribution is -2.28. The van der Waals surface area contributed by atoms with Crippen molar-refractivity contribution in [2.75, 3.05) is 12.3 Å². The summed E-state index contributed by atoms with van der Waals surface area (Å²) in [6.07, 6.45) is -1.01. The van der Waals surface area contributed by atoms with Gasteiger partial charge in [0.15, 0.2) is 9.84 Å². The second-order valence-electron chi connectivity index (χ2n) is 3.94. The van der Waals surface area contributed by atoms with Crippen LogP contribution in [0.3, 0.4) is 0 Å². The molecule has 1 aromatic carbocycles.